The van der Waals surface area contributed by atoms with Gasteiger partial charge in [0, 0.05) is 11.8 Å². The summed E-state index contributed by atoms with van der Waals surface area (Å²) in [6, 6.07) is 0.306. The molecule has 196 valence electrons. The molecule has 1 aliphatic rings. The molecule has 0 aromatic carbocycles. The van der Waals surface area contributed by atoms with Crippen molar-refractivity contribution in [3.8, 4) is 11.9 Å². The predicted octanol–water partition coefficient (Wildman–Crippen LogP) is 4.20. The van der Waals surface area contributed by atoms with Gasteiger partial charge in [-0.15, -0.1) is 0 Å². The molecule has 1 fully saturated rings. The van der Waals surface area contributed by atoms with Gasteiger partial charge >= 0.3 is 11.5 Å². The molecule has 2 rings (SSSR count). The zero-order valence-corrected chi connectivity index (χ0v) is 22.4. The molecule has 0 N–H and O–H groups in total. The van der Waals surface area contributed by atoms with Crippen molar-refractivity contribution >= 4 is 18.4 Å². The summed E-state index contributed by atoms with van der Waals surface area (Å²) in [7, 11) is -6.41. The molecule has 9 nitrogen and oxygen atoms in total. The van der Waals surface area contributed by atoms with Gasteiger partial charge in [-0.1, -0.05) is 27.7 Å². The predicted molar refractivity (Wildman–Crippen MR) is 120 cm³/mol. The van der Waals surface area contributed by atoms with Crippen molar-refractivity contribution in [3.63, 3.8) is 0 Å². The number of halogens is 3. The second kappa shape index (κ2) is 11.4. The molecule has 1 aliphatic heterocycles. The van der Waals surface area contributed by atoms with E-state index < -0.39 is 23.9 Å². The highest BCUT2D eigenvalue weighted by atomic mass is 32.2. The number of nitrogens with zero attached hydrogens (tertiary/aromatic N) is 2. The fourth-order valence-electron chi connectivity index (χ4n) is 2.77. The summed E-state index contributed by atoms with van der Waals surface area (Å²) >= 11 is 0. The maximum absolute atomic E-state index is 10.7. The second-order valence-corrected chi connectivity index (χ2v) is 15.1. The number of aryl methyl sites for hydroxylation is 1. The maximum Gasteiger partial charge on any atom is 0.485 e. The number of ether oxygens (including phenoxy) is 3. The molecule has 1 aromatic heterocycles. The molecule has 14 heteroatoms. The Hall–Kier alpha value is -1.61. The van der Waals surface area contributed by atoms with E-state index in [1.807, 2.05) is 6.92 Å². The fraction of sp³-hybridized carbons (Fsp3) is 0.750. The molecule has 0 unspecified atom stereocenters. The molecule has 0 radical (unpaired) electrons. The Morgan fingerprint density at radius 3 is 2.35 bits per heavy atom. The van der Waals surface area contributed by atoms with Crippen molar-refractivity contribution in [2.45, 2.75) is 76.9 Å². The molecule has 1 saturated heterocycles. The van der Waals surface area contributed by atoms with E-state index in [0.717, 1.165) is 5.56 Å². The smallest absolute Gasteiger partial charge is 0.485 e. The first kappa shape index (κ1) is 30.4. The minimum absolute atomic E-state index is 0.152. The third-order valence-electron chi connectivity index (χ3n) is 6.25. The summed E-state index contributed by atoms with van der Waals surface area (Å²) < 4.78 is 82.3. The van der Waals surface area contributed by atoms with Crippen LogP contribution in [0.25, 0.3) is 0 Å². The van der Waals surface area contributed by atoms with Crippen molar-refractivity contribution in [1.29, 1.82) is 0 Å². The van der Waals surface area contributed by atoms with E-state index in [9.17, 15) is 13.2 Å². The molecule has 0 amide bonds. The van der Waals surface area contributed by atoms with Gasteiger partial charge in [-0.05, 0) is 31.0 Å². The monoisotopic (exact) mass is 530 g/mol. The Morgan fingerprint density at radius 2 is 1.88 bits per heavy atom. The Labute approximate surface area is 200 Å². The highest BCUT2D eigenvalue weighted by molar-refractivity contribution is 7.86. The number of aromatic nitrogens is 2. The molecule has 0 saturated carbocycles. The van der Waals surface area contributed by atoms with E-state index >= 15 is 0 Å². The molecule has 0 bridgehead atoms. The highest BCUT2D eigenvalue weighted by Gasteiger charge is 2.46. The number of methoxy groups -OCH3 is 1. The molecule has 1 aromatic rings. The lowest BCUT2D eigenvalue weighted by molar-refractivity contribution is -0.0517. The lowest BCUT2D eigenvalue weighted by Crippen LogP contribution is -2.47. The van der Waals surface area contributed by atoms with E-state index in [4.69, 9.17) is 31.6 Å². The third-order valence-corrected chi connectivity index (χ3v) is 11.4. The van der Waals surface area contributed by atoms with Crippen molar-refractivity contribution in [2.24, 2.45) is 5.92 Å². The van der Waals surface area contributed by atoms with Gasteiger partial charge in [0.05, 0.1) is 13.7 Å². The lowest BCUT2D eigenvalue weighted by Gasteiger charge is -2.42. The SMILES string of the molecule is COc1nc(O[C@@H]2C[CH+]O[C@@H]2CO[Si](C)(C)C(C)(C)C(C)C)ncc1C.O=S(=O)([O-])C(F)(F)F. The van der Waals surface area contributed by atoms with Crippen molar-refractivity contribution < 1.29 is 44.8 Å². The molecular formula is C20H33F3N2O7SSi. The minimum Gasteiger partial charge on any atom is -0.741 e. The van der Waals surface area contributed by atoms with Gasteiger partial charge < -0.3 is 18.5 Å². The van der Waals surface area contributed by atoms with Crippen LogP contribution in [0.2, 0.25) is 18.1 Å². The topological polar surface area (TPSA) is 120 Å². The van der Waals surface area contributed by atoms with Gasteiger partial charge in [0.2, 0.25) is 12.5 Å². The average Bonchev–Trinajstić information content (AvgIpc) is 3.13. The summed E-state index contributed by atoms with van der Waals surface area (Å²) in [5, 5.41) is 0.166. The quantitative estimate of drug-likeness (QED) is 0.211. The summed E-state index contributed by atoms with van der Waals surface area (Å²) in [5.41, 5.74) is -4.77. The summed E-state index contributed by atoms with van der Waals surface area (Å²) in [4.78, 5) is 8.54. The number of hydrogen-bond donors (Lipinski definition) is 0. The van der Waals surface area contributed by atoms with E-state index in [2.05, 4.69) is 50.8 Å². The van der Waals surface area contributed by atoms with Crippen LogP contribution >= 0.6 is 0 Å². The zero-order valence-electron chi connectivity index (χ0n) is 20.6. The molecule has 0 aliphatic carbocycles. The van der Waals surface area contributed by atoms with Gasteiger partial charge in [-0.2, -0.15) is 22.9 Å². The molecule has 34 heavy (non-hydrogen) atoms. The first-order chi connectivity index (χ1) is 15.3. The van der Waals surface area contributed by atoms with Crippen LogP contribution in [-0.2, 0) is 19.3 Å². The van der Waals surface area contributed by atoms with Crippen LogP contribution in [0.1, 0.15) is 39.7 Å². The average molecular weight is 531 g/mol. The first-order valence-corrected chi connectivity index (χ1v) is 14.8. The number of alkyl halides is 3. The Bertz CT molecular complexity index is 912. The molecule has 2 atom stereocenters. The Morgan fingerprint density at radius 1 is 1.32 bits per heavy atom. The van der Waals surface area contributed by atoms with Gasteiger partial charge in [0.25, 0.3) is 0 Å². The van der Waals surface area contributed by atoms with Crippen LogP contribution in [0.3, 0.4) is 0 Å². The number of hydrogen-bond acceptors (Lipinski definition) is 9. The van der Waals surface area contributed by atoms with Crippen LogP contribution in [-0.4, -0.2) is 62.7 Å². The van der Waals surface area contributed by atoms with Gasteiger partial charge in [0.1, 0.15) is 0 Å². The normalized spacial score (nSPS) is 19.3. The zero-order chi connectivity index (χ0) is 26.5. The summed E-state index contributed by atoms with van der Waals surface area (Å²) in [6.45, 7) is 17.8. The van der Waals surface area contributed by atoms with Crippen molar-refractivity contribution in [3.05, 3.63) is 18.4 Å². The highest BCUT2D eigenvalue weighted by Crippen LogP contribution is 2.44. The van der Waals surface area contributed by atoms with Gasteiger partial charge in [-0.3, -0.25) is 0 Å². The van der Waals surface area contributed by atoms with Gasteiger partial charge in [-0.25, -0.2) is 13.4 Å². The van der Waals surface area contributed by atoms with E-state index in [-0.39, 0.29) is 17.2 Å². The van der Waals surface area contributed by atoms with E-state index in [1.165, 1.54) is 0 Å². The molecular weight excluding hydrogens is 497 g/mol. The Balaban J connectivity index is 0.000000620. The van der Waals surface area contributed by atoms with Crippen LogP contribution in [0.5, 0.6) is 11.9 Å². The largest absolute Gasteiger partial charge is 0.741 e. The maximum atomic E-state index is 10.7. The van der Waals surface area contributed by atoms with Gasteiger partial charge in [0.15, 0.2) is 37.1 Å². The lowest BCUT2D eigenvalue weighted by atomic mass is 9.99. The Kier molecular flexibility index (Phi) is 10.2. The van der Waals surface area contributed by atoms with Crippen LogP contribution in [0, 0.1) is 19.4 Å². The molecule has 2 heterocycles. The standard InChI is InChI=1S/C19H33N2O4Si.CHF3O3S/c1-13(2)19(4,5)26(7,8)24-12-16-15(9-10-23-16)25-18-20-11-14(3)17(21-18)22-6;2-1(3,4)8(5,6)7/h10-11,13,15-16H,9,12H2,1-8H3;(H,5,6,7)/q+1;/p-1/t15-,16-;/m1./s1. The number of rotatable bonds is 8. The van der Waals surface area contributed by atoms with Crippen LogP contribution in [0.4, 0.5) is 13.2 Å². The van der Waals surface area contributed by atoms with Crippen molar-refractivity contribution in [2.75, 3.05) is 13.7 Å². The second-order valence-electron chi connectivity index (χ2n) is 9.18. The summed E-state index contributed by atoms with van der Waals surface area (Å²) in [5.74, 6) is 1.08. The first-order valence-electron chi connectivity index (χ1n) is 10.5. The van der Waals surface area contributed by atoms with Crippen LogP contribution in [0.15, 0.2) is 6.20 Å². The molecule has 0 spiro atoms. The minimum atomic E-state index is -6.09. The van der Waals surface area contributed by atoms with E-state index in [0.29, 0.717) is 30.8 Å². The third kappa shape index (κ3) is 7.97. The van der Waals surface area contributed by atoms with E-state index in [1.54, 1.807) is 19.9 Å². The van der Waals surface area contributed by atoms with Crippen molar-refractivity contribution in [1.82, 2.24) is 9.97 Å². The van der Waals surface area contributed by atoms with Crippen LogP contribution < -0.4 is 9.47 Å². The summed E-state index contributed by atoms with van der Waals surface area (Å²) in [6.07, 6.45) is 2.08. The fourth-order valence-corrected chi connectivity index (χ4v) is 5.11.